The molecule has 190 valence electrons. The third-order valence-electron chi connectivity index (χ3n) is 6.91. The minimum Gasteiger partial charge on any atom is -0.355 e. The van der Waals surface area contributed by atoms with Gasteiger partial charge in [-0.2, -0.15) is 13.2 Å². The van der Waals surface area contributed by atoms with Crippen molar-refractivity contribution in [2.45, 2.75) is 57.2 Å². The number of hydrogen-bond donors (Lipinski definition) is 1. The van der Waals surface area contributed by atoms with E-state index in [0.717, 1.165) is 5.56 Å². The monoisotopic (exact) mass is 509 g/mol. The van der Waals surface area contributed by atoms with Gasteiger partial charge >= 0.3 is 6.18 Å². The van der Waals surface area contributed by atoms with E-state index in [1.807, 2.05) is 25.1 Å². The summed E-state index contributed by atoms with van der Waals surface area (Å²) in [6, 6.07) is 8.26. The molecule has 0 radical (unpaired) electrons. The second-order valence-corrected chi connectivity index (χ2v) is 9.81. The Labute approximate surface area is 209 Å². The van der Waals surface area contributed by atoms with Crippen molar-refractivity contribution in [2.24, 2.45) is 5.41 Å². The molecule has 3 rings (SSSR count). The maximum absolute atomic E-state index is 13.9. The van der Waals surface area contributed by atoms with Crippen molar-refractivity contribution >= 4 is 23.3 Å². The summed E-state index contributed by atoms with van der Waals surface area (Å²) >= 11 is 6.41. The molecular formula is C26H31ClF3N3O2. The number of halogens is 4. The fraction of sp³-hybridized carbons (Fsp3) is 0.500. The average Bonchev–Trinajstić information content (AvgIpc) is 3.63. The van der Waals surface area contributed by atoms with Crippen LogP contribution in [0.15, 0.2) is 42.7 Å². The van der Waals surface area contributed by atoms with Crippen LogP contribution in [0.4, 0.5) is 13.2 Å². The minimum absolute atomic E-state index is 0.00494. The van der Waals surface area contributed by atoms with Crippen molar-refractivity contribution < 1.29 is 22.8 Å². The van der Waals surface area contributed by atoms with E-state index in [1.165, 1.54) is 12.4 Å². The number of amides is 1. The molecule has 0 bridgehead atoms. The number of nitrogens with zero attached hydrogens (tertiary/aromatic N) is 2. The van der Waals surface area contributed by atoms with Crippen LogP contribution >= 0.6 is 11.6 Å². The van der Waals surface area contributed by atoms with Crippen molar-refractivity contribution in [3.63, 3.8) is 0 Å². The molecule has 1 aromatic carbocycles. The number of benzene rings is 1. The summed E-state index contributed by atoms with van der Waals surface area (Å²) in [4.78, 5) is 30.7. The normalized spacial score (nSPS) is 16.6. The van der Waals surface area contributed by atoms with Gasteiger partial charge in [0.25, 0.3) is 0 Å². The van der Waals surface area contributed by atoms with Crippen molar-refractivity contribution in [1.29, 1.82) is 0 Å². The second kappa shape index (κ2) is 11.1. The third kappa shape index (κ3) is 6.41. The van der Waals surface area contributed by atoms with Gasteiger partial charge in [0, 0.05) is 54.3 Å². The molecule has 1 heterocycles. The molecule has 1 aliphatic rings. The van der Waals surface area contributed by atoms with E-state index in [9.17, 15) is 22.8 Å². The van der Waals surface area contributed by atoms with Gasteiger partial charge < -0.3 is 10.2 Å². The first-order valence-corrected chi connectivity index (χ1v) is 12.1. The maximum atomic E-state index is 13.9. The predicted molar refractivity (Wildman–Crippen MR) is 130 cm³/mol. The molecule has 2 aromatic rings. The quantitative estimate of drug-likeness (QED) is 0.410. The van der Waals surface area contributed by atoms with Crippen LogP contribution in [0.3, 0.4) is 0 Å². The van der Waals surface area contributed by atoms with Gasteiger partial charge in [0.05, 0.1) is 5.41 Å². The summed E-state index contributed by atoms with van der Waals surface area (Å²) in [5.74, 6) is -1.41. The Morgan fingerprint density at radius 3 is 2.46 bits per heavy atom. The lowest BCUT2D eigenvalue weighted by molar-refractivity contribution is -0.194. The SMILES string of the molecule is CCC(=O)c1ccc(C[C@@H](CNC(=O)CC(c2cccnc2)C2(C(F)(F)F)CC2)N(C)C)c(Cl)c1. The molecule has 0 aliphatic heterocycles. The standard InChI is InChI=1S/C26H31ClF3N3O2/c1-4-23(34)18-8-7-17(22(27)13-18)12-20(33(2)3)16-32-24(35)14-21(19-6-5-11-31-15-19)25(9-10-25)26(28,29)30/h5-8,11,13,15,20-21H,4,9-10,12,14,16H2,1-3H3,(H,32,35)/t20-,21?/m0/s1. The summed E-state index contributed by atoms with van der Waals surface area (Å²) in [7, 11) is 3.72. The van der Waals surface area contributed by atoms with Gasteiger partial charge in [-0.25, -0.2) is 0 Å². The second-order valence-electron chi connectivity index (χ2n) is 9.41. The Morgan fingerprint density at radius 2 is 1.94 bits per heavy atom. The first-order valence-electron chi connectivity index (χ1n) is 11.7. The number of aromatic nitrogens is 1. The van der Waals surface area contributed by atoms with E-state index in [2.05, 4.69) is 10.3 Å². The first-order chi connectivity index (χ1) is 16.5. The Bertz CT molecular complexity index is 1040. The number of ketones is 1. The van der Waals surface area contributed by atoms with Gasteiger partial charge in [0.1, 0.15) is 0 Å². The maximum Gasteiger partial charge on any atom is 0.395 e. The highest BCUT2D eigenvalue weighted by molar-refractivity contribution is 6.31. The Morgan fingerprint density at radius 1 is 1.23 bits per heavy atom. The zero-order valence-electron chi connectivity index (χ0n) is 20.2. The molecule has 1 aliphatic carbocycles. The predicted octanol–water partition coefficient (Wildman–Crippen LogP) is 5.43. The summed E-state index contributed by atoms with van der Waals surface area (Å²) in [5, 5.41) is 3.30. The molecule has 1 amide bonds. The summed E-state index contributed by atoms with van der Waals surface area (Å²) in [5.41, 5.74) is -0.0693. The number of pyridine rings is 1. The van der Waals surface area contributed by atoms with E-state index in [0.29, 0.717) is 29.0 Å². The fourth-order valence-corrected chi connectivity index (χ4v) is 4.71. The lowest BCUT2D eigenvalue weighted by atomic mass is 9.80. The lowest BCUT2D eigenvalue weighted by Gasteiger charge is -2.30. The molecule has 1 unspecified atom stereocenters. The Hall–Kier alpha value is -2.45. The highest BCUT2D eigenvalue weighted by atomic mass is 35.5. The van der Waals surface area contributed by atoms with Gasteiger partial charge in [-0.15, -0.1) is 0 Å². The molecule has 0 spiro atoms. The number of rotatable bonds is 11. The van der Waals surface area contributed by atoms with E-state index >= 15 is 0 Å². The summed E-state index contributed by atoms with van der Waals surface area (Å²) in [6.45, 7) is 2.03. The number of carbonyl (C=O) groups excluding carboxylic acids is 2. The van der Waals surface area contributed by atoms with Crippen LogP contribution in [0.25, 0.3) is 0 Å². The molecule has 1 aromatic heterocycles. The van der Waals surface area contributed by atoms with Crippen LogP contribution in [0.5, 0.6) is 0 Å². The van der Waals surface area contributed by atoms with Gasteiger partial charge in [-0.1, -0.05) is 36.7 Å². The van der Waals surface area contributed by atoms with Crippen LogP contribution in [0.1, 0.15) is 60.0 Å². The van der Waals surface area contributed by atoms with Gasteiger partial charge in [0.2, 0.25) is 5.91 Å². The molecule has 2 atom stereocenters. The average molecular weight is 510 g/mol. The zero-order valence-corrected chi connectivity index (χ0v) is 20.9. The fourth-order valence-electron chi connectivity index (χ4n) is 4.45. The summed E-state index contributed by atoms with van der Waals surface area (Å²) in [6.07, 6.45) is -0.811. The van der Waals surface area contributed by atoms with E-state index in [4.69, 9.17) is 11.6 Å². The van der Waals surface area contributed by atoms with Crippen LogP contribution in [-0.4, -0.2) is 54.4 Å². The van der Waals surface area contributed by atoms with Crippen molar-refractivity contribution in [3.8, 4) is 0 Å². The van der Waals surface area contributed by atoms with Crippen LogP contribution in [0.2, 0.25) is 5.02 Å². The molecule has 5 nitrogen and oxygen atoms in total. The number of carbonyl (C=O) groups is 2. The molecule has 1 saturated carbocycles. The number of hydrogen-bond acceptors (Lipinski definition) is 4. The lowest BCUT2D eigenvalue weighted by Crippen LogP contribution is -2.42. The van der Waals surface area contributed by atoms with E-state index < -0.39 is 23.4 Å². The molecule has 9 heteroatoms. The number of nitrogens with one attached hydrogen (secondary N) is 1. The topological polar surface area (TPSA) is 62.3 Å². The zero-order chi connectivity index (χ0) is 25.8. The van der Waals surface area contributed by atoms with E-state index in [1.54, 1.807) is 31.2 Å². The highest BCUT2D eigenvalue weighted by Gasteiger charge is 2.67. The number of Topliss-reactive ketones (excluding diaryl/α,β-unsaturated/α-hetero) is 1. The highest BCUT2D eigenvalue weighted by Crippen LogP contribution is 2.66. The van der Waals surface area contributed by atoms with Gasteiger partial charge in [-0.3, -0.25) is 14.6 Å². The van der Waals surface area contributed by atoms with Crippen LogP contribution < -0.4 is 5.32 Å². The van der Waals surface area contributed by atoms with Crippen LogP contribution in [0, 0.1) is 5.41 Å². The molecule has 0 saturated heterocycles. The van der Waals surface area contributed by atoms with Gasteiger partial charge in [0.15, 0.2) is 5.78 Å². The molecule has 1 fully saturated rings. The molecule has 1 N–H and O–H groups in total. The van der Waals surface area contributed by atoms with Gasteiger partial charge in [-0.05, 0) is 56.6 Å². The smallest absolute Gasteiger partial charge is 0.355 e. The number of alkyl halides is 3. The first kappa shape index (κ1) is 27.1. The van der Waals surface area contributed by atoms with Crippen molar-refractivity contribution in [3.05, 3.63) is 64.4 Å². The van der Waals surface area contributed by atoms with Crippen molar-refractivity contribution in [1.82, 2.24) is 15.2 Å². The number of likely N-dealkylation sites (N-methyl/N-ethyl adjacent to an activating group) is 1. The Kier molecular flexibility index (Phi) is 8.59. The largest absolute Gasteiger partial charge is 0.395 e. The van der Waals surface area contributed by atoms with Crippen LogP contribution in [-0.2, 0) is 11.2 Å². The Balaban J connectivity index is 1.68. The summed E-state index contributed by atoms with van der Waals surface area (Å²) < 4.78 is 41.7. The third-order valence-corrected chi connectivity index (χ3v) is 7.27. The molecular weight excluding hydrogens is 479 g/mol. The molecule has 35 heavy (non-hydrogen) atoms. The minimum atomic E-state index is -4.39. The van der Waals surface area contributed by atoms with Crippen molar-refractivity contribution in [2.75, 3.05) is 20.6 Å². The van der Waals surface area contributed by atoms with E-state index in [-0.39, 0.29) is 37.6 Å².